The summed E-state index contributed by atoms with van der Waals surface area (Å²) in [7, 11) is 0. The van der Waals surface area contributed by atoms with Crippen LogP contribution in [0.25, 0.3) is 10.2 Å². The highest BCUT2D eigenvalue weighted by Gasteiger charge is 2.39. The van der Waals surface area contributed by atoms with E-state index in [9.17, 15) is 4.79 Å². The number of nitrogens with zero attached hydrogens (tertiary/aromatic N) is 2. The van der Waals surface area contributed by atoms with Gasteiger partial charge in [0.15, 0.2) is 5.79 Å². The molecule has 1 spiro atoms. The lowest BCUT2D eigenvalue weighted by atomic mass is 10.0. The van der Waals surface area contributed by atoms with E-state index in [1.165, 1.54) is 11.3 Å². The van der Waals surface area contributed by atoms with E-state index in [-0.39, 0.29) is 11.3 Å². The summed E-state index contributed by atoms with van der Waals surface area (Å²) in [5.74, 6) is 0.379. The first-order valence-corrected chi connectivity index (χ1v) is 8.09. The van der Waals surface area contributed by atoms with Crippen LogP contribution in [0.5, 0.6) is 0 Å². The van der Waals surface area contributed by atoms with Gasteiger partial charge in [0.1, 0.15) is 10.5 Å². The maximum atomic E-state index is 12.0. The molecule has 0 saturated carbocycles. The second kappa shape index (κ2) is 5.17. The molecule has 4 heterocycles. The van der Waals surface area contributed by atoms with Crippen molar-refractivity contribution in [1.29, 1.82) is 0 Å². The molecule has 2 aromatic rings. The number of likely N-dealkylation sites (tertiary alicyclic amines) is 1. The number of piperidine rings is 1. The number of hydrogen-bond acceptors (Lipinski definition) is 6. The van der Waals surface area contributed by atoms with Crippen LogP contribution in [-0.2, 0) is 16.0 Å². The number of hydrogen-bond donors (Lipinski definition) is 1. The summed E-state index contributed by atoms with van der Waals surface area (Å²) in [6, 6.07) is 1.89. The quantitative estimate of drug-likeness (QED) is 0.906. The van der Waals surface area contributed by atoms with Crippen LogP contribution in [0, 0.1) is 0 Å². The first kappa shape index (κ1) is 13.4. The molecule has 0 radical (unpaired) electrons. The highest BCUT2D eigenvalue weighted by molar-refractivity contribution is 7.17. The SMILES string of the molecule is O=c1[nH]c(CN2CCC3(CC2)OCCO3)nc2ccsc12. The molecule has 112 valence electrons. The van der Waals surface area contributed by atoms with Crippen molar-refractivity contribution in [1.82, 2.24) is 14.9 Å². The zero-order valence-electron chi connectivity index (χ0n) is 11.6. The third kappa shape index (κ3) is 2.50. The van der Waals surface area contributed by atoms with Crippen molar-refractivity contribution in [3.05, 3.63) is 27.6 Å². The molecule has 2 fully saturated rings. The van der Waals surface area contributed by atoms with Crippen molar-refractivity contribution >= 4 is 21.6 Å². The van der Waals surface area contributed by atoms with Crippen LogP contribution in [0.15, 0.2) is 16.2 Å². The van der Waals surface area contributed by atoms with Gasteiger partial charge in [-0.15, -0.1) is 11.3 Å². The molecule has 0 aromatic carbocycles. The van der Waals surface area contributed by atoms with Gasteiger partial charge in [-0.25, -0.2) is 4.98 Å². The Bertz CT molecular complexity index is 695. The van der Waals surface area contributed by atoms with Crippen LogP contribution in [0.1, 0.15) is 18.7 Å². The number of ether oxygens (including phenoxy) is 2. The number of aromatic amines is 1. The molecule has 7 heteroatoms. The lowest BCUT2D eigenvalue weighted by Crippen LogP contribution is -2.45. The van der Waals surface area contributed by atoms with Gasteiger partial charge in [-0.1, -0.05) is 0 Å². The fourth-order valence-electron chi connectivity index (χ4n) is 3.05. The van der Waals surface area contributed by atoms with Crippen molar-refractivity contribution in [2.24, 2.45) is 0 Å². The largest absolute Gasteiger partial charge is 0.347 e. The molecule has 0 aliphatic carbocycles. The predicted molar refractivity (Wildman–Crippen MR) is 79.4 cm³/mol. The normalized spacial score (nSPS) is 22.3. The highest BCUT2D eigenvalue weighted by Crippen LogP contribution is 2.31. The maximum absolute atomic E-state index is 12.0. The molecule has 6 nitrogen and oxygen atoms in total. The number of rotatable bonds is 2. The Morgan fingerprint density at radius 2 is 2.10 bits per heavy atom. The van der Waals surface area contributed by atoms with Crippen LogP contribution in [0.2, 0.25) is 0 Å². The first-order valence-electron chi connectivity index (χ1n) is 7.21. The highest BCUT2D eigenvalue weighted by atomic mass is 32.1. The minimum Gasteiger partial charge on any atom is -0.347 e. The summed E-state index contributed by atoms with van der Waals surface area (Å²) >= 11 is 1.43. The van der Waals surface area contributed by atoms with E-state index in [1.54, 1.807) is 0 Å². The molecule has 4 rings (SSSR count). The third-order valence-electron chi connectivity index (χ3n) is 4.17. The lowest BCUT2D eigenvalue weighted by Gasteiger charge is -2.37. The Labute approximate surface area is 125 Å². The van der Waals surface area contributed by atoms with Gasteiger partial charge in [0, 0.05) is 25.9 Å². The molecule has 0 unspecified atom stereocenters. The Balaban J connectivity index is 1.47. The lowest BCUT2D eigenvalue weighted by molar-refractivity contribution is -0.185. The summed E-state index contributed by atoms with van der Waals surface area (Å²) < 4.78 is 12.1. The zero-order chi connectivity index (χ0) is 14.3. The van der Waals surface area contributed by atoms with Gasteiger partial charge in [0.25, 0.3) is 5.56 Å². The average Bonchev–Trinajstić information content (AvgIpc) is 3.11. The average molecular weight is 307 g/mol. The number of fused-ring (bicyclic) bond motifs is 1. The van der Waals surface area contributed by atoms with Crippen molar-refractivity contribution < 1.29 is 9.47 Å². The van der Waals surface area contributed by atoms with Crippen molar-refractivity contribution in [3.8, 4) is 0 Å². The monoisotopic (exact) mass is 307 g/mol. The van der Waals surface area contributed by atoms with Gasteiger partial charge >= 0.3 is 0 Å². The molecule has 0 bridgehead atoms. The first-order chi connectivity index (χ1) is 10.2. The van der Waals surface area contributed by atoms with Crippen LogP contribution in [0.4, 0.5) is 0 Å². The Morgan fingerprint density at radius 3 is 2.86 bits per heavy atom. The molecule has 0 amide bonds. The van der Waals surface area contributed by atoms with Gasteiger partial charge in [0.05, 0.1) is 25.3 Å². The molecule has 2 aromatic heterocycles. The van der Waals surface area contributed by atoms with E-state index in [4.69, 9.17) is 9.47 Å². The van der Waals surface area contributed by atoms with E-state index < -0.39 is 0 Å². The van der Waals surface area contributed by atoms with Crippen LogP contribution in [0.3, 0.4) is 0 Å². The molecule has 2 aliphatic rings. The van der Waals surface area contributed by atoms with E-state index in [0.717, 1.165) is 37.3 Å². The summed E-state index contributed by atoms with van der Waals surface area (Å²) in [5, 5.41) is 1.90. The standard InChI is InChI=1S/C14H17N3O3S/c18-13-12-10(1-8-21-12)15-11(16-13)9-17-4-2-14(3-5-17)19-6-7-20-14/h1,8H,2-7,9H2,(H,15,16,18). The Kier molecular flexibility index (Phi) is 3.30. The number of H-pyrrole nitrogens is 1. The van der Waals surface area contributed by atoms with Crippen LogP contribution in [-0.4, -0.2) is 47.0 Å². The second-order valence-corrected chi connectivity index (χ2v) is 6.45. The molecule has 0 atom stereocenters. The predicted octanol–water partition coefficient (Wildman–Crippen LogP) is 1.32. The van der Waals surface area contributed by atoms with Crippen LogP contribution < -0.4 is 5.56 Å². The molecule has 2 saturated heterocycles. The smallest absolute Gasteiger partial charge is 0.268 e. The van der Waals surface area contributed by atoms with Gasteiger partial charge < -0.3 is 14.5 Å². The fraction of sp³-hybridized carbons (Fsp3) is 0.571. The Hall–Kier alpha value is -1.28. The van der Waals surface area contributed by atoms with Gasteiger partial charge in [-0.3, -0.25) is 9.69 Å². The van der Waals surface area contributed by atoms with Gasteiger partial charge in [-0.05, 0) is 11.4 Å². The Morgan fingerprint density at radius 1 is 1.33 bits per heavy atom. The summed E-state index contributed by atoms with van der Waals surface area (Å²) in [5.41, 5.74) is 0.746. The van der Waals surface area contributed by atoms with Crippen LogP contribution >= 0.6 is 11.3 Å². The molecular formula is C14H17N3O3S. The molecular weight excluding hydrogens is 290 g/mol. The number of thiophene rings is 1. The van der Waals surface area contributed by atoms with Crippen molar-refractivity contribution in [2.45, 2.75) is 25.2 Å². The van der Waals surface area contributed by atoms with Crippen molar-refractivity contribution in [2.75, 3.05) is 26.3 Å². The molecule has 2 aliphatic heterocycles. The summed E-state index contributed by atoms with van der Waals surface area (Å²) in [4.78, 5) is 21.7. The maximum Gasteiger partial charge on any atom is 0.268 e. The topological polar surface area (TPSA) is 67.5 Å². The minimum absolute atomic E-state index is 0.0408. The number of aromatic nitrogens is 2. The third-order valence-corrected chi connectivity index (χ3v) is 5.07. The molecule has 21 heavy (non-hydrogen) atoms. The van der Waals surface area contributed by atoms with E-state index >= 15 is 0 Å². The number of nitrogens with one attached hydrogen (secondary N) is 1. The second-order valence-electron chi connectivity index (χ2n) is 5.53. The summed E-state index contributed by atoms with van der Waals surface area (Å²) in [6.45, 7) is 3.85. The van der Waals surface area contributed by atoms with Gasteiger partial charge in [-0.2, -0.15) is 0 Å². The van der Waals surface area contributed by atoms with E-state index in [2.05, 4.69) is 14.9 Å². The van der Waals surface area contributed by atoms with E-state index in [0.29, 0.717) is 24.5 Å². The zero-order valence-corrected chi connectivity index (χ0v) is 12.4. The van der Waals surface area contributed by atoms with Crippen molar-refractivity contribution in [3.63, 3.8) is 0 Å². The summed E-state index contributed by atoms with van der Waals surface area (Å²) in [6.07, 6.45) is 1.75. The molecule has 1 N–H and O–H groups in total. The van der Waals surface area contributed by atoms with Gasteiger partial charge in [0.2, 0.25) is 0 Å². The van der Waals surface area contributed by atoms with E-state index in [1.807, 2.05) is 11.4 Å². The fourth-order valence-corrected chi connectivity index (χ4v) is 3.77. The minimum atomic E-state index is -0.353.